The molecule has 1 saturated heterocycles. The van der Waals surface area contributed by atoms with Gasteiger partial charge in [-0.1, -0.05) is 12.8 Å². The Morgan fingerprint density at radius 1 is 0.870 bits per heavy atom. The Balaban J connectivity index is 1.89. The summed E-state index contributed by atoms with van der Waals surface area (Å²) in [5.74, 6) is 0. The zero-order valence-corrected chi connectivity index (χ0v) is 16.3. The van der Waals surface area contributed by atoms with Gasteiger partial charge in [-0.2, -0.15) is 0 Å². The van der Waals surface area contributed by atoms with Crippen molar-refractivity contribution in [3.05, 3.63) is 0 Å². The van der Waals surface area contributed by atoms with Crippen molar-refractivity contribution in [1.29, 1.82) is 0 Å². The molecule has 0 spiro atoms. The molecule has 0 radical (unpaired) electrons. The summed E-state index contributed by atoms with van der Waals surface area (Å²) < 4.78 is 11.3. The molecule has 4 nitrogen and oxygen atoms in total. The van der Waals surface area contributed by atoms with Crippen LogP contribution in [0.15, 0.2) is 0 Å². The fourth-order valence-corrected chi connectivity index (χ4v) is 2.77. The van der Waals surface area contributed by atoms with Gasteiger partial charge in [0.2, 0.25) is 0 Å². The zero-order chi connectivity index (χ0) is 17.6. The van der Waals surface area contributed by atoms with E-state index in [2.05, 4.69) is 46.4 Å². The molecular formula is C19H39NO3. The second kappa shape index (κ2) is 8.80. The lowest BCUT2D eigenvalue weighted by Gasteiger charge is -2.53. The van der Waals surface area contributed by atoms with E-state index in [1.807, 2.05) is 0 Å². The SMILES string of the molecule is CC(C)(C)OCCCOCCCCCC1(O)CN(C(C)(C)C)C1. The van der Waals surface area contributed by atoms with Crippen molar-refractivity contribution in [3.8, 4) is 0 Å². The minimum absolute atomic E-state index is 0.0512. The molecular weight excluding hydrogens is 290 g/mol. The Kier molecular flexibility index (Phi) is 7.99. The topological polar surface area (TPSA) is 41.9 Å². The second-order valence-corrected chi connectivity index (χ2v) is 8.99. The molecule has 23 heavy (non-hydrogen) atoms. The summed E-state index contributed by atoms with van der Waals surface area (Å²) in [5.41, 5.74) is -0.320. The normalized spacial score (nSPS) is 18.9. The van der Waals surface area contributed by atoms with Gasteiger partial charge in [0.15, 0.2) is 0 Å². The Bertz CT molecular complexity index is 324. The molecule has 0 aromatic rings. The van der Waals surface area contributed by atoms with E-state index in [1.165, 1.54) is 0 Å². The molecule has 0 atom stereocenters. The van der Waals surface area contributed by atoms with E-state index in [0.29, 0.717) is 0 Å². The average Bonchev–Trinajstić information content (AvgIpc) is 2.35. The van der Waals surface area contributed by atoms with Crippen LogP contribution in [0.5, 0.6) is 0 Å². The van der Waals surface area contributed by atoms with Crippen molar-refractivity contribution in [1.82, 2.24) is 4.90 Å². The summed E-state index contributed by atoms with van der Waals surface area (Å²) in [4.78, 5) is 2.34. The highest BCUT2D eigenvalue weighted by molar-refractivity contribution is 4.99. The van der Waals surface area contributed by atoms with Crippen LogP contribution < -0.4 is 0 Å². The summed E-state index contributed by atoms with van der Waals surface area (Å²) in [7, 11) is 0. The molecule has 1 rings (SSSR count). The zero-order valence-electron chi connectivity index (χ0n) is 16.3. The van der Waals surface area contributed by atoms with Crippen LogP contribution in [0.25, 0.3) is 0 Å². The minimum Gasteiger partial charge on any atom is -0.387 e. The number of aliphatic hydroxyl groups is 1. The van der Waals surface area contributed by atoms with Crippen LogP contribution in [0.3, 0.4) is 0 Å². The van der Waals surface area contributed by atoms with Crippen LogP contribution in [-0.2, 0) is 9.47 Å². The first-order chi connectivity index (χ1) is 10.5. The Morgan fingerprint density at radius 3 is 2.04 bits per heavy atom. The fraction of sp³-hybridized carbons (Fsp3) is 1.00. The molecule has 0 bridgehead atoms. The smallest absolute Gasteiger partial charge is 0.0900 e. The lowest BCUT2D eigenvalue weighted by Crippen LogP contribution is -2.66. The van der Waals surface area contributed by atoms with E-state index in [9.17, 15) is 5.11 Å². The molecule has 0 unspecified atom stereocenters. The quantitative estimate of drug-likeness (QED) is 0.622. The Hall–Kier alpha value is -0.160. The van der Waals surface area contributed by atoms with Gasteiger partial charge in [-0.15, -0.1) is 0 Å². The van der Waals surface area contributed by atoms with Crippen molar-refractivity contribution in [2.24, 2.45) is 0 Å². The number of ether oxygens (including phenoxy) is 2. The third kappa shape index (κ3) is 9.04. The lowest BCUT2D eigenvalue weighted by molar-refractivity contribution is -0.136. The number of hydrogen-bond acceptors (Lipinski definition) is 4. The number of rotatable bonds is 10. The van der Waals surface area contributed by atoms with E-state index >= 15 is 0 Å². The fourth-order valence-electron chi connectivity index (χ4n) is 2.77. The largest absolute Gasteiger partial charge is 0.387 e. The van der Waals surface area contributed by atoms with Gasteiger partial charge >= 0.3 is 0 Å². The second-order valence-electron chi connectivity index (χ2n) is 8.99. The Morgan fingerprint density at radius 2 is 1.48 bits per heavy atom. The van der Waals surface area contributed by atoms with Gasteiger partial charge < -0.3 is 14.6 Å². The van der Waals surface area contributed by atoms with Gasteiger partial charge in [-0.25, -0.2) is 0 Å². The van der Waals surface area contributed by atoms with E-state index in [0.717, 1.165) is 65.0 Å². The maximum absolute atomic E-state index is 10.4. The molecule has 1 fully saturated rings. The molecule has 138 valence electrons. The van der Waals surface area contributed by atoms with Gasteiger partial charge in [0, 0.05) is 38.4 Å². The predicted octanol–water partition coefficient (Wildman–Crippen LogP) is 3.61. The van der Waals surface area contributed by atoms with Crippen molar-refractivity contribution in [2.45, 2.75) is 90.4 Å². The lowest BCUT2D eigenvalue weighted by atomic mass is 9.84. The maximum Gasteiger partial charge on any atom is 0.0900 e. The van der Waals surface area contributed by atoms with Gasteiger partial charge in [0.25, 0.3) is 0 Å². The van der Waals surface area contributed by atoms with Crippen LogP contribution in [0, 0.1) is 0 Å². The first-order valence-corrected chi connectivity index (χ1v) is 9.21. The molecule has 4 heteroatoms. The molecule has 0 aromatic heterocycles. The maximum atomic E-state index is 10.4. The van der Waals surface area contributed by atoms with Crippen LogP contribution >= 0.6 is 0 Å². The summed E-state index contributed by atoms with van der Waals surface area (Å²) in [6.45, 7) is 16.8. The molecule has 0 saturated carbocycles. The third-order valence-electron chi connectivity index (χ3n) is 4.32. The van der Waals surface area contributed by atoms with Gasteiger partial charge in [-0.05, 0) is 60.8 Å². The molecule has 1 N–H and O–H groups in total. The summed E-state index contributed by atoms with van der Waals surface area (Å²) in [6, 6.07) is 0. The van der Waals surface area contributed by atoms with Crippen molar-refractivity contribution >= 4 is 0 Å². The number of likely N-dealkylation sites (tertiary alicyclic amines) is 1. The van der Waals surface area contributed by atoms with E-state index in [4.69, 9.17) is 9.47 Å². The Labute approximate surface area is 143 Å². The van der Waals surface area contributed by atoms with Crippen molar-refractivity contribution < 1.29 is 14.6 Å². The van der Waals surface area contributed by atoms with Gasteiger partial charge in [0.05, 0.1) is 11.2 Å². The summed E-state index contributed by atoms with van der Waals surface area (Å²) in [5, 5.41) is 10.4. The molecule has 1 aliphatic heterocycles. The van der Waals surface area contributed by atoms with Crippen LogP contribution in [-0.4, -0.2) is 59.7 Å². The summed E-state index contributed by atoms with van der Waals surface area (Å²) >= 11 is 0. The molecule has 0 aromatic carbocycles. The molecule has 0 amide bonds. The average molecular weight is 330 g/mol. The van der Waals surface area contributed by atoms with Gasteiger partial charge in [-0.3, -0.25) is 4.90 Å². The molecule has 0 aliphatic carbocycles. The highest BCUT2D eigenvalue weighted by atomic mass is 16.5. The van der Waals surface area contributed by atoms with Crippen LogP contribution in [0.1, 0.15) is 73.6 Å². The predicted molar refractivity (Wildman–Crippen MR) is 95.9 cm³/mol. The van der Waals surface area contributed by atoms with Crippen molar-refractivity contribution in [3.63, 3.8) is 0 Å². The number of β-amino-alcohol motifs (C(OH)–C–C–N with tert-alkyl or cyclic N) is 1. The molecule has 1 aliphatic rings. The number of hydrogen-bond donors (Lipinski definition) is 1. The van der Waals surface area contributed by atoms with E-state index in [-0.39, 0.29) is 11.1 Å². The number of nitrogens with zero attached hydrogens (tertiary/aromatic N) is 1. The minimum atomic E-state index is -0.446. The third-order valence-corrected chi connectivity index (χ3v) is 4.32. The van der Waals surface area contributed by atoms with Crippen molar-refractivity contribution in [2.75, 3.05) is 32.9 Å². The monoisotopic (exact) mass is 329 g/mol. The standard InChI is InChI=1S/C19H39NO3/c1-17(2,3)20-15-19(21,16-20)11-8-7-9-12-22-13-10-14-23-18(4,5)6/h21H,7-16H2,1-6H3. The van der Waals surface area contributed by atoms with Crippen LogP contribution in [0.4, 0.5) is 0 Å². The summed E-state index contributed by atoms with van der Waals surface area (Å²) in [6.07, 6.45) is 5.18. The van der Waals surface area contributed by atoms with E-state index in [1.54, 1.807) is 0 Å². The van der Waals surface area contributed by atoms with E-state index < -0.39 is 5.60 Å². The number of unbranched alkanes of at least 4 members (excludes halogenated alkanes) is 2. The first-order valence-electron chi connectivity index (χ1n) is 9.21. The van der Waals surface area contributed by atoms with Gasteiger partial charge in [0.1, 0.15) is 0 Å². The highest BCUT2D eigenvalue weighted by Crippen LogP contribution is 2.32. The van der Waals surface area contributed by atoms with Crippen LogP contribution in [0.2, 0.25) is 0 Å². The first kappa shape index (κ1) is 20.9. The molecule has 1 heterocycles. The highest BCUT2D eigenvalue weighted by Gasteiger charge is 2.44.